The van der Waals surface area contributed by atoms with E-state index in [2.05, 4.69) is 11.6 Å². The number of halogens is 3. The van der Waals surface area contributed by atoms with Gasteiger partial charge in [0.25, 0.3) is 0 Å². The predicted octanol–water partition coefficient (Wildman–Crippen LogP) is 2.28. The monoisotopic (exact) mass is 191 g/mol. The van der Waals surface area contributed by atoms with Gasteiger partial charge in [-0.15, -0.1) is 0 Å². The van der Waals surface area contributed by atoms with Crippen molar-refractivity contribution in [1.82, 2.24) is 0 Å². The molecule has 0 aromatic rings. The van der Waals surface area contributed by atoms with Crippen molar-refractivity contribution in [1.29, 1.82) is 0 Å². The van der Waals surface area contributed by atoms with Crippen molar-refractivity contribution >= 4 is 12.0 Å². The molecule has 0 bridgehead atoms. The number of aliphatic imine (C=N–C) groups is 1. The minimum atomic E-state index is -4.42. The molecule has 0 aliphatic rings. The summed E-state index contributed by atoms with van der Waals surface area (Å²) in [6.45, 7) is 4.07. The van der Waals surface area contributed by atoms with E-state index in [9.17, 15) is 18.0 Å². The van der Waals surface area contributed by atoms with Crippen molar-refractivity contribution in [3.63, 3.8) is 0 Å². The molecule has 2 nitrogen and oxygen atoms in total. The molecule has 13 heavy (non-hydrogen) atoms. The number of aldehydes is 1. The second-order valence-electron chi connectivity index (χ2n) is 2.22. The summed E-state index contributed by atoms with van der Waals surface area (Å²) in [5.41, 5.74) is -0.902. The molecule has 0 spiro atoms. The Morgan fingerprint density at radius 1 is 1.46 bits per heavy atom. The van der Waals surface area contributed by atoms with Gasteiger partial charge in [0.1, 0.15) is 12.0 Å². The second-order valence-corrected chi connectivity index (χ2v) is 2.22. The molecule has 0 aliphatic carbocycles. The van der Waals surface area contributed by atoms with E-state index in [1.807, 2.05) is 0 Å². The Morgan fingerprint density at radius 2 is 2.00 bits per heavy atom. The first-order valence-electron chi connectivity index (χ1n) is 3.30. The lowest BCUT2D eigenvalue weighted by Gasteiger charge is -2.02. The summed E-state index contributed by atoms with van der Waals surface area (Å²) in [6, 6.07) is 0. The van der Waals surface area contributed by atoms with Crippen LogP contribution >= 0.6 is 0 Å². The van der Waals surface area contributed by atoms with E-state index in [1.54, 1.807) is 0 Å². The van der Waals surface area contributed by atoms with Gasteiger partial charge in [-0.25, -0.2) is 0 Å². The summed E-state index contributed by atoms with van der Waals surface area (Å²) < 4.78 is 35.4. The van der Waals surface area contributed by atoms with Gasteiger partial charge < -0.3 is 0 Å². The highest BCUT2D eigenvalue weighted by atomic mass is 19.4. The van der Waals surface area contributed by atoms with Gasteiger partial charge in [0, 0.05) is 11.8 Å². The van der Waals surface area contributed by atoms with E-state index in [0.29, 0.717) is 6.29 Å². The molecule has 5 heteroatoms. The van der Waals surface area contributed by atoms with Crippen LogP contribution in [-0.4, -0.2) is 18.2 Å². The van der Waals surface area contributed by atoms with Gasteiger partial charge in [-0.1, -0.05) is 6.58 Å². The first-order valence-corrected chi connectivity index (χ1v) is 3.30. The molecule has 0 N–H and O–H groups in total. The standard InChI is InChI=1S/C8H8F3NO/c1-6(5-13)3-4-12-7(2)8(9,10)11/h3-5H,1H2,2H3/b4-3-,12-7?. The van der Waals surface area contributed by atoms with Crippen molar-refractivity contribution in [2.24, 2.45) is 4.99 Å². The van der Waals surface area contributed by atoms with Crippen LogP contribution in [-0.2, 0) is 4.79 Å². The van der Waals surface area contributed by atoms with Crippen molar-refractivity contribution in [3.05, 3.63) is 24.4 Å². The van der Waals surface area contributed by atoms with Crippen LogP contribution in [0.15, 0.2) is 29.4 Å². The fourth-order valence-electron chi connectivity index (χ4n) is 0.357. The van der Waals surface area contributed by atoms with Crippen LogP contribution in [0.2, 0.25) is 0 Å². The highest BCUT2D eigenvalue weighted by Crippen LogP contribution is 2.16. The zero-order chi connectivity index (χ0) is 10.5. The summed E-state index contributed by atoms with van der Waals surface area (Å²) in [6.07, 6.45) is -2.01. The Balaban J connectivity index is 4.36. The number of allylic oxidation sites excluding steroid dienone is 2. The van der Waals surface area contributed by atoms with Crippen molar-refractivity contribution in [3.8, 4) is 0 Å². The number of carbonyl (C=O) groups excluding carboxylic acids is 1. The molecule has 0 saturated carbocycles. The Labute approximate surface area is 73.5 Å². The smallest absolute Gasteiger partial charge is 0.298 e. The zero-order valence-electron chi connectivity index (χ0n) is 6.93. The number of hydrogen-bond donors (Lipinski definition) is 0. The lowest BCUT2D eigenvalue weighted by Crippen LogP contribution is -2.18. The lowest BCUT2D eigenvalue weighted by molar-refractivity contribution is -0.104. The number of carbonyl (C=O) groups is 1. The number of alkyl halides is 3. The molecule has 0 aromatic heterocycles. The molecular formula is C8H8F3NO. The first kappa shape index (κ1) is 11.6. The minimum Gasteiger partial charge on any atom is -0.298 e. The fourth-order valence-corrected chi connectivity index (χ4v) is 0.357. The van der Waals surface area contributed by atoms with Crippen LogP contribution in [0.25, 0.3) is 0 Å². The average molecular weight is 191 g/mol. The van der Waals surface area contributed by atoms with Gasteiger partial charge in [0.2, 0.25) is 0 Å². The van der Waals surface area contributed by atoms with Gasteiger partial charge in [0.05, 0.1) is 0 Å². The van der Waals surface area contributed by atoms with E-state index >= 15 is 0 Å². The molecule has 0 saturated heterocycles. The topological polar surface area (TPSA) is 29.4 Å². The third-order valence-corrected chi connectivity index (χ3v) is 1.12. The molecule has 0 radical (unpaired) electrons. The van der Waals surface area contributed by atoms with Gasteiger partial charge in [-0.2, -0.15) is 13.2 Å². The Hall–Kier alpha value is -1.39. The third-order valence-electron chi connectivity index (χ3n) is 1.12. The van der Waals surface area contributed by atoms with E-state index in [0.717, 1.165) is 19.2 Å². The Morgan fingerprint density at radius 3 is 2.38 bits per heavy atom. The molecule has 0 rings (SSSR count). The molecule has 0 atom stereocenters. The largest absolute Gasteiger partial charge is 0.429 e. The van der Waals surface area contributed by atoms with Crippen LogP contribution in [0.5, 0.6) is 0 Å². The maximum atomic E-state index is 11.8. The molecule has 0 heterocycles. The van der Waals surface area contributed by atoms with Crippen molar-refractivity contribution in [2.45, 2.75) is 13.1 Å². The van der Waals surface area contributed by atoms with Gasteiger partial charge in [0.15, 0.2) is 0 Å². The van der Waals surface area contributed by atoms with E-state index in [4.69, 9.17) is 0 Å². The summed E-state index contributed by atoms with van der Waals surface area (Å²) in [7, 11) is 0. The molecule has 72 valence electrons. The van der Waals surface area contributed by atoms with Crippen molar-refractivity contribution < 1.29 is 18.0 Å². The summed E-state index contributed by atoms with van der Waals surface area (Å²) >= 11 is 0. The molecule has 0 fully saturated rings. The van der Waals surface area contributed by atoms with E-state index in [1.165, 1.54) is 0 Å². The summed E-state index contributed by atoms with van der Waals surface area (Å²) in [5.74, 6) is 0. The number of nitrogens with zero attached hydrogens (tertiary/aromatic N) is 1. The van der Waals surface area contributed by atoms with Crippen LogP contribution in [0.4, 0.5) is 13.2 Å². The van der Waals surface area contributed by atoms with Crippen LogP contribution in [0.3, 0.4) is 0 Å². The maximum Gasteiger partial charge on any atom is 0.429 e. The first-order chi connectivity index (χ1) is 5.88. The predicted molar refractivity (Wildman–Crippen MR) is 43.5 cm³/mol. The Bertz CT molecular complexity index is 263. The molecular weight excluding hydrogens is 183 g/mol. The molecule has 0 amide bonds. The minimum absolute atomic E-state index is 0.0683. The van der Waals surface area contributed by atoms with Gasteiger partial charge in [-0.05, 0) is 13.0 Å². The summed E-state index contributed by atoms with van der Waals surface area (Å²) in [5, 5.41) is 0. The van der Waals surface area contributed by atoms with Gasteiger partial charge >= 0.3 is 6.18 Å². The quantitative estimate of drug-likeness (QED) is 0.291. The van der Waals surface area contributed by atoms with E-state index < -0.39 is 11.9 Å². The number of rotatable bonds is 3. The lowest BCUT2D eigenvalue weighted by atomic mass is 10.3. The SMILES string of the molecule is C=C(C=O)/C=C\N=C(C)C(F)(F)F. The molecule has 0 unspecified atom stereocenters. The second kappa shape index (κ2) is 4.59. The van der Waals surface area contributed by atoms with Crippen LogP contribution in [0, 0.1) is 0 Å². The zero-order valence-corrected chi connectivity index (χ0v) is 6.93. The average Bonchev–Trinajstić information content (AvgIpc) is 2.02. The highest BCUT2D eigenvalue weighted by Gasteiger charge is 2.31. The number of hydrogen-bond acceptors (Lipinski definition) is 2. The van der Waals surface area contributed by atoms with Crippen LogP contribution in [0.1, 0.15) is 6.92 Å². The highest BCUT2D eigenvalue weighted by molar-refractivity contribution is 5.88. The fraction of sp³-hybridized carbons (Fsp3) is 0.250. The third kappa shape index (κ3) is 4.95. The van der Waals surface area contributed by atoms with E-state index in [-0.39, 0.29) is 5.57 Å². The maximum absolute atomic E-state index is 11.8. The Kier molecular flexibility index (Phi) is 4.10. The van der Waals surface area contributed by atoms with Gasteiger partial charge in [-0.3, -0.25) is 9.79 Å². The van der Waals surface area contributed by atoms with Crippen LogP contribution < -0.4 is 0 Å². The normalized spacial score (nSPS) is 13.4. The molecule has 0 aliphatic heterocycles. The van der Waals surface area contributed by atoms with Crippen molar-refractivity contribution in [2.75, 3.05) is 0 Å². The summed E-state index contributed by atoms with van der Waals surface area (Å²) in [4.78, 5) is 13.0. The molecule has 0 aromatic carbocycles.